The third-order valence-electron chi connectivity index (χ3n) is 9.07. The van der Waals surface area contributed by atoms with Crippen molar-refractivity contribution in [3.63, 3.8) is 0 Å². The molecule has 1 aromatic heterocycles. The van der Waals surface area contributed by atoms with Gasteiger partial charge in [0.2, 0.25) is 0 Å². The molecule has 0 saturated carbocycles. The Morgan fingerprint density at radius 3 is 2.10 bits per heavy atom. The minimum Gasteiger partial charge on any atom is -0.493 e. The lowest BCUT2D eigenvalue weighted by atomic mass is 9.89. The summed E-state index contributed by atoms with van der Waals surface area (Å²) in [6.07, 6.45) is 0.840. The monoisotopic (exact) mass is 658 g/mol. The molecular weight excluding hydrogens is 620 g/mol. The van der Waals surface area contributed by atoms with Crippen LogP contribution < -0.4 is 4.74 Å². The van der Waals surface area contributed by atoms with Gasteiger partial charge in [0.25, 0.3) is 0 Å². The SMILES string of the molecule is CCCOc1ccccc1/C(=N/OC(C)=O)c1ccc2c(c1)c1cc(C(=O)c3c(C)cc(C)cc3C)c3ccccc3c1n2-c1ccccc1. The Morgan fingerprint density at radius 2 is 1.38 bits per heavy atom. The molecule has 7 aromatic rings. The van der Waals surface area contributed by atoms with E-state index in [4.69, 9.17) is 9.57 Å². The van der Waals surface area contributed by atoms with Gasteiger partial charge < -0.3 is 14.1 Å². The minimum atomic E-state index is -0.521. The van der Waals surface area contributed by atoms with Crippen LogP contribution in [0.4, 0.5) is 0 Å². The summed E-state index contributed by atoms with van der Waals surface area (Å²) in [5, 5.41) is 8.10. The Hall–Kier alpha value is -6.01. The molecule has 0 N–H and O–H groups in total. The van der Waals surface area contributed by atoms with Crippen molar-refractivity contribution < 1.29 is 19.2 Å². The van der Waals surface area contributed by atoms with Crippen LogP contribution >= 0.6 is 0 Å². The molecule has 0 unspecified atom stereocenters. The second-order valence-corrected chi connectivity index (χ2v) is 12.7. The highest BCUT2D eigenvalue weighted by atomic mass is 16.7. The first kappa shape index (κ1) is 32.5. The molecule has 0 aliphatic rings. The highest BCUT2D eigenvalue weighted by molar-refractivity contribution is 6.27. The normalized spacial score (nSPS) is 11.7. The van der Waals surface area contributed by atoms with E-state index < -0.39 is 5.97 Å². The van der Waals surface area contributed by atoms with E-state index in [-0.39, 0.29) is 5.78 Å². The van der Waals surface area contributed by atoms with Crippen molar-refractivity contribution in [2.45, 2.75) is 41.0 Å². The van der Waals surface area contributed by atoms with Gasteiger partial charge in [-0.2, -0.15) is 0 Å². The van der Waals surface area contributed by atoms with Crippen LogP contribution in [-0.2, 0) is 9.63 Å². The Labute approximate surface area is 291 Å². The number of aryl methyl sites for hydroxylation is 3. The van der Waals surface area contributed by atoms with E-state index in [1.165, 1.54) is 6.92 Å². The fourth-order valence-corrected chi connectivity index (χ4v) is 7.09. The van der Waals surface area contributed by atoms with Gasteiger partial charge in [-0.3, -0.25) is 4.79 Å². The molecule has 0 fully saturated rings. The predicted molar refractivity (Wildman–Crippen MR) is 202 cm³/mol. The summed E-state index contributed by atoms with van der Waals surface area (Å²) in [6.45, 7) is 9.99. The number of hydrogen-bond donors (Lipinski definition) is 0. The predicted octanol–water partition coefficient (Wildman–Crippen LogP) is 10.2. The van der Waals surface area contributed by atoms with Crippen LogP contribution in [0.25, 0.3) is 38.3 Å². The van der Waals surface area contributed by atoms with Crippen LogP contribution in [-0.4, -0.2) is 28.6 Å². The molecule has 248 valence electrons. The number of carbonyl (C=O) groups is 2. The summed E-state index contributed by atoms with van der Waals surface area (Å²) in [7, 11) is 0. The number of hydrogen-bond acceptors (Lipinski definition) is 5. The molecule has 0 spiro atoms. The van der Waals surface area contributed by atoms with Crippen molar-refractivity contribution >= 4 is 50.0 Å². The first-order valence-corrected chi connectivity index (χ1v) is 16.9. The van der Waals surface area contributed by atoms with Gasteiger partial charge in [-0.15, -0.1) is 0 Å². The molecule has 0 aliphatic carbocycles. The highest BCUT2D eigenvalue weighted by Gasteiger charge is 2.24. The van der Waals surface area contributed by atoms with Gasteiger partial charge in [-0.25, -0.2) is 4.79 Å². The topological polar surface area (TPSA) is 69.9 Å². The molecule has 0 saturated heterocycles. The van der Waals surface area contributed by atoms with E-state index in [0.717, 1.165) is 72.5 Å². The summed E-state index contributed by atoms with van der Waals surface area (Å²) >= 11 is 0. The summed E-state index contributed by atoms with van der Waals surface area (Å²) < 4.78 is 8.37. The first-order chi connectivity index (χ1) is 24.3. The molecule has 1 heterocycles. The third-order valence-corrected chi connectivity index (χ3v) is 9.07. The first-order valence-electron chi connectivity index (χ1n) is 16.9. The number of oxime groups is 1. The number of ketones is 1. The van der Waals surface area contributed by atoms with Gasteiger partial charge in [0.15, 0.2) is 5.78 Å². The van der Waals surface area contributed by atoms with Crippen molar-refractivity contribution in [3.05, 3.63) is 154 Å². The van der Waals surface area contributed by atoms with Gasteiger partial charge in [-0.1, -0.05) is 90.4 Å². The average molecular weight is 659 g/mol. The fraction of sp³-hybridized carbons (Fsp3) is 0.159. The maximum atomic E-state index is 14.6. The van der Waals surface area contributed by atoms with Crippen LogP contribution in [0.2, 0.25) is 0 Å². The molecular formula is C44H38N2O4. The lowest BCUT2D eigenvalue weighted by Gasteiger charge is -2.14. The van der Waals surface area contributed by atoms with Crippen molar-refractivity contribution in [2.75, 3.05) is 6.61 Å². The number of ether oxygens (including phenoxy) is 1. The zero-order valence-corrected chi connectivity index (χ0v) is 28.9. The van der Waals surface area contributed by atoms with Crippen molar-refractivity contribution in [1.29, 1.82) is 0 Å². The summed E-state index contributed by atoms with van der Waals surface area (Å²) in [6, 6.07) is 38.4. The fourth-order valence-electron chi connectivity index (χ4n) is 7.09. The molecule has 0 amide bonds. The van der Waals surface area contributed by atoms with Crippen LogP contribution in [0.1, 0.15) is 64.0 Å². The number of nitrogens with zero attached hydrogens (tertiary/aromatic N) is 2. The molecule has 6 nitrogen and oxygen atoms in total. The number of aromatic nitrogens is 1. The standard InChI is InChI=1S/C44H38N2O4/c1-6-22-49-40-19-13-12-18-35(40)42(45-50-30(5)47)31-20-21-39-36(25-31)37-26-38(44(48)41-28(3)23-27(2)24-29(41)4)33-16-10-11-17-34(33)43(37)46(39)32-14-8-7-9-15-32/h7-21,23-26H,6,22H2,1-5H3/b45-42+. The number of fused-ring (bicyclic) bond motifs is 5. The number of para-hydroxylation sites is 2. The maximum Gasteiger partial charge on any atom is 0.332 e. The third kappa shape index (κ3) is 5.83. The van der Waals surface area contributed by atoms with Gasteiger partial charge >= 0.3 is 5.97 Å². The molecule has 50 heavy (non-hydrogen) atoms. The van der Waals surface area contributed by atoms with Gasteiger partial charge in [-0.05, 0) is 86.2 Å². The molecule has 7 rings (SSSR count). The zero-order chi connectivity index (χ0) is 34.9. The molecule has 0 aliphatic heterocycles. The molecule has 0 bridgehead atoms. The Bertz CT molecular complexity index is 2450. The molecule has 0 atom stereocenters. The minimum absolute atomic E-state index is 0.00558. The van der Waals surface area contributed by atoms with Crippen LogP contribution in [0, 0.1) is 20.8 Å². The second kappa shape index (κ2) is 13.5. The number of carbonyl (C=O) groups excluding carboxylic acids is 2. The average Bonchev–Trinajstić information content (AvgIpc) is 3.44. The lowest BCUT2D eigenvalue weighted by Crippen LogP contribution is -2.09. The van der Waals surface area contributed by atoms with Crippen molar-refractivity contribution in [3.8, 4) is 11.4 Å². The van der Waals surface area contributed by atoms with Crippen molar-refractivity contribution in [2.24, 2.45) is 5.16 Å². The van der Waals surface area contributed by atoms with E-state index in [1.54, 1.807) is 0 Å². The number of rotatable bonds is 9. The van der Waals surface area contributed by atoms with Crippen molar-refractivity contribution in [1.82, 2.24) is 4.57 Å². The van der Waals surface area contributed by atoms with Crippen LogP contribution in [0.3, 0.4) is 0 Å². The summed E-state index contributed by atoms with van der Waals surface area (Å²) in [5.41, 5.74) is 9.31. The van der Waals surface area contributed by atoms with Gasteiger partial charge in [0.1, 0.15) is 11.5 Å². The van der Waals surface area contributed by atoms with E-state index in [0.29, 0.717) is 29.2 Å². The van der Waals surface area contributed by atoms with E-state index >= 15 is 0 Å². The van der Waals surface area contributed by atoms with E-state index in [9.17, 15) is 9.59 Å². The lowest BCUT2D eigenvalue weighted by molar-refractivity contribution is -0.140. The smallest absolute Gasteiger partial charge is 0.332 e. The Morgan fingerprint density at radius 1 is 0.700 bits per heavy atom. The zero-order valence-electron chi connectivity index (χ0n) is 28.9. The molecule has 6 aromatic carbocycles. The Kier molecular flexibility index (Phi) is 8.77. The quantitative estimate of drug-likeness (QED) is 0.0670. The largest absolute Gasteiger partial charge is 0.493 e. The summed E-state index contributed by atoms with van der Waals surface area (Å²) in [4.78, 5) is 31.9. The molecule has 6 heteroatoms. The highest BCUT2D eigenvalue weighted by Crippen LogP contribution is 2.40. The van der Waals surface area contributed by atoms with Crippen LogP contribution in [0.5, 0.6) is 5.75 Å². The molecule has 0 radical (unpaired) electrons. The summed E-state index contributed by atoms with van der Waals surface area (Å²) in [5.74, 6) is 0.122. The van der Waals surface area contributed by atoms with Gasteiger partial charge in [0, 0.05) is 51.0 Å². The maximum absolute atomic E-state index is 14.6. The van der Waals surface area contributed by atoms with Crippen LogP contribution in [0.15, 0.2) is 120 Å². The van der Waals surface area contributed by atoms with E-state index in [2.05, 4.69) is 66.0 Å². The number of benzene rings is 6. The Balaban J connectivity index is 1.56. The van der Waals surface area contributed by atoms with Gasteiger partial charge in [0.05, 0.1) is 17.6 Å². The van der Waals surface area contributed by atoms with E-state index in [1.807, 2.05) is 86.6 Å². The second-order valence-electron chi connectivity index (χ2n) is 12.7.